The molecule has 2 nitrogen and oxygen atoms in total. The van der Waals surface area contributed by atoms with Crippen molar-refractivity contribution in [2.45, 2.75) is 37.7 Å². The lowest BCUT2D eigenvalue weighted by atomic mass is 9.82. The maximum Gasteiger partial charge on any atom is 0.0540 e. The predicted molar refractivity (Wildman–Crippen MR) is 65.5 cm³/mol. The molecule has 0 saturated heterocycles. The summed E-state index contributed by atoms with van der Waals surface area (Å²) in [5.41, 5.74) is 2.64. The van der Waals surface area contributed by atoms with Crippen molar-refractivity contribution in [3.05, 3.63) is 36.0 Å². The van der Waals surface area contributed by atoms with Gasteiger partial charge < -0.3 is 10.1 Å². The van der Waals surface area contributed by atoms with E-state index < -0.39 is 0 Å². The van der Waals surface area contributed by atoms with E-state index in [2.05, 4.69) is 29.2 Å². The van der Waals surface area contributed by atoms with Gasteiger partial charge in [0, 0.05) is 11.7 Å². The summed E-state index contributed by atoms with van der Waals surface area (Å²) < 4.78 is 0. The molecule has 0 radical (unpaired) electrons. The van der Waals surface area contributed by atoms with Gasteiger partial charge in [-0.1, -0.05) is 6.07 Å². The molecule has 1 aromatic heterocycles. The van der Waals surface area contributed by atoms with Crippen molar-refractivity contribution in [1.82, 2.24) is 4.98 Å². The SMILES string of the molecule is OC1CCC(c2ccc3[nH]ccc3c2)CC1. The number of hydrogen-bond donors (Lipinski definition) is 2. The molecule has 16 heavy (non-hydrogen) atoms. The minimum atomic E-state index is -0.0627. The molecule has 1 aliphatic carbocycles. The fourth-order valence-electron chi connectivity index (χ4n) is 2.73. The lowest BCUT2D eigenvalue weighted by Crippen LogP contribution is -2.16. The van der Waals surface area contributed by atoms with Crippen LogP contribution in [0.5, 0.6) is 0 Å². The first-order valence-corrected chi connectivity index (χ1v) is 6.08. The number of fused-ring (bicyclic) bond motifs is 1. The van der Waals surface area contributed by atoms with Crippen LogP contribution in [0.25, 0.3) is 10.9 Å². The zero-order valence-corrected chi connectivity index (χ0v) is 9.32. The number of benzene rings is 1. The van der Waals surface area contributed by atoms with Gasteiger partial charge in [0.15, 0.2) is 0 Å². The molecule has 0 unspecified atom stereocenters. The summed E-state index contributed by atoms with van der Waals surface area (Å²) >= 11 is 0. The molecular weight excluding hydrogens is 198 g/mol. The third-order valence-corrected chi connectivity index (χ3v) is 3.75. The zero-order chi connectivity index (χ0) is 11.0. The van der Waals surface area contributed by atoms with Gasteiger partial charge in [0.25, 0.3) is 0 Å². The maximum atomic E-state index is 9.51. The van der Waals surface area contributed by atoms with E-state index in [-0.39, 0.29) is 6.10 Å². The highest BCUT2D eigenvalue weighted by Gasteiger charge is 2.20. The largest absolute Gasteiger partial charge is 0.393 e. The second-order valence-corrected chi connectivity index (χ2v) is 4.83. The van der Waals surface area contributed by atoms with Crippen LogP contribution in [0.15, 0.2) is 30.5 Å². The molecule has 1 heterocycles. The Morgan fingerprint density at radius 2 is 1.88 bits per heavy atom. The number of aliphatic hydroxyl groups excluding tert-OH is 1. The van der Waals surface area contributed by atoms with Crippen LogP contribution in [0.2, 0.25) is 0 Å². The van der Waals surface area contributed by atoms with Crippen molar-refractivity contribution >= 4 is 10.9 Å². The molecule has 0 atom stereocenters. The Balaban J connectivity index is 1.87. The lowest BCUT2D eigenvalue weighted by Gasteiger charge is -2.25. The first kappa shape index (κ1) is 9.91. The molecular formula is C14H17NO. The highest BCUT2D eigenvalue weighted by molar-refractivity contribution is 5.80. The second kappa shape index (κ2) is 3.95. The van der Waals surface area contributed by atoms with Crippen molar-refractivity contribution in [2.75, 3.05) is 0 Å². The van der Waals surface area contributed by atoms with Crippen molar-refractivity contribution < 1.29 is 5.11 Å². The van der Waals surface area contributed by atoms with Gasteiger partial charge >= 0.3 is 0 Å². The number of aromatic nitrogens is 1. The summed E-state index contributed by atoms with van der Waals surface area (Å²) in [5.74, 6) is 0.641. The third kappa shape index (κ3) is 1.74. The average Bonchev–Trinajstić information content (AvgIpc) is 2.77. The van der Waals surface area contributed by atoms with E-state index in [1.807, 2.05) is 6.20 Å². The summed E-state index contributed by atoms with van der Waals surface area (Å²) in [7, 11) is 0. The first-order valence-electron chi connectivity index (χ1n) is 6.08. The molecule has 84 valence electrons. The van der Waals surface area contributed by atoms with Crippen molar-refractivity contribution in [3.8, 4) is 0 Å². The molecule has 0 aliphatic heterocycles. The quantitative estimate of drug-likeness (QED) is 0.753. The fraction of sp³-hybridized carbons (Fsp3) is 0.429. The van der Waals surface area contributed by atoms with Gasteiger partial charge in [-0.05, 0) is 60.7 Å². The molecule has 0 amide bonds. The van der Waals surface area contributed by atoms with Gasteiger partial charge in [0.05, 0.1) is 6.10 Å². The number of rotatable bonds is 1. The maximum absolute atomic E-state index is 9.51. The standard InChI is InChI=1S/C14H17NO/c16-13-4-1-10(2-5-13)11-3-6-14-12(9-11)7-8-15-14/h3,6-10,13,15-16H,1-2,4-5H2. The van der Waals surface area contributed by atoms with E-state index in [9.17, 15) is 5.11 Å². The molecule has 1 aliphatic rings. The topological polar surface area (TPSA) is 36.0 Å². The summed E-state index contributed by atoms with van der Waals surface area (Å²) in [5, 5.41) is 10.8. The third-order valence-electron chi connectivity index (χ3n) is 3.75. The normalized spacial score (nSPS) is 26.1. The Morgan fingerprint density at radius 3 is 2.69 bits per heavy atom. The van der Waals surface area contributed by atoms with E-state index in [0.717, 1.165) is 25.7 Å². The van der Waals surface area contributed by atoms with E-state index in [1.54, 1.807) is 0 Å². The molecule has 0 bridgehead atoms. The van der Waals surface area contributed by atoms with Gasteiger partial charge in [-0.3, -0.25) is 0 Å². The van der Waals surface area contributed by atoms with E-state index in [1.165, 1.54) is 16.5 Å². The molecule has 2 aromatic rings. The Morgan fingerprint density at radius 1 is 1.06 bits per heavy atom. The zero-order valence-electron chi connectivity index (χ0n) is 9.32. The number of H-pyrrole nitrogens is 1. The molecule has 2 heteroatoms. The van der Waals surface area contributed by atoms with Gasteiger partial charge in [-0.15, -0.1) is 0 Å². The minimum Gasteiger partial charge on any atom is -0.393 e. The van der Waals surface area contributed by atoms with Crippen LogP contribution in [0.1, 0.15) is 37.2 Å². The van der Waals surface area contributed by atoms with Gasteiger partial charge in [0.2, 0.25) is 0 Å². The van der Waals surface area contributed by atoms with Crippen LogP contribution in [-0.2, 0) is 0 Å². The molecule has 1 aromatic carbocycles. The summed E-state index contributed by atoms with van der Waals surface area (Å²) in [6.45, 7) is 0. The highest BCUT2D eigenvalue weighted by atomic mass is 16.3. The van der Waals surface area contributed by atoms with Crippen LogP contribution in [-0.4, -0.2) is 16.2 Å². The summed E-state index contributed by atoms with van der Waals surface area (Å²) in [6.07, 6.45) is 6.08. The van der Waals surface area contributed by atoms with Crippen LogP contribution >= 0.6 is 0 Å². The molecule has 2 N–H and O–H groups in total. The average molecular weight is 215 g/mol. The van der Waals surface area contributed by atoms with Gasteiger partial charge in [0.1, 0.15) is 0 Å². The number of aliphatic hydroxyl groups is 1. The summed E-state index contributed by atoms with van der Waals surface area (Å²) in [6, 6.07) is 8.79. The van der Waals surface area contributed by atoms with E-state index in [0.29, 0.717) is 5.92 Å². The monoisotopic (exact) mass is 215 g/mol. The van der Waals surface area contributed by atoms with E-state index in [4.69, 9.17) is 0 Å². The van der Waals surface area contributed by atoms with Crippen LogP contribution in [0.3, 0.4) is 0 Å². The van der Waals surface area contributed by atoms with Crippen LogP contribution in [0, 0.1) is 0 Å². The van der Waals surface area contributed by atoms with E-state index >= 15 is 0 Å². The number of hydrogen-bond acceptors (Lipinski definition) is 1. The molecule has 1 saturated carbocycles. The van der Waals surface area contributed by atoms with Crippen molar-refractivity contribution in [2.24, 2.45) is 0 Å². The Kier molecular flexibility index (Phi) is 2.44. The summed E-state index contributed by atoms with van der Waals surface area (Å²) in [4.78, 5) is 3.22. The fourth-order valence-corrected chi connectivity index (χ4v) is 2.73. The highest BCUT2D eigenvalue weighted by Crippen LogP contribution is 2.33. The Labute approximate surface area is 95.3 Å². The van der Waals surface area contributed by atoms with Crippen LogP contribution < -0.4 is 0 Å². The number of nitrogens with one attached hydrogen (secondary N) is 1. The van der Waals surface area contributed by atoms with Crippen LogP contribution in [0.4, 0.5) is 0 Å². The molecule has 0 spiro atoms. The number of aromatic amines is 1. The van der Waals surface area contributed by atoms with Gasteiger partial charge in [-0.25, -0.2) is 0 Å². The second-order valence-electron chi connectivity index (χ2n) is 4.83. The van der Waals surface area contributed by atoms with Gasteiger partial charge in [-0.2, -0.15) is 0 Å². The lowest BCUT2D eigenvalue weighted by molar-refractivity contribution is 0.122. The molecule has 3 rings (SSSR count). The van der Waals surface area contributed by atoms with Crippen molar-refractivity contribution in [1.29, 1.82) is 0 Å². The smallest absolute Gasteiger partial charge is 0.0540 e. The first-order chi connectivity index (χ1) is 7.83. The predicted octanol–water partition coefficient (Wildman–Crippen LogP) is 3.19. The Hall–Kier alpha value is -1.28. The van der Waals surface area contributed by atoms with Crippen molar-refractivity contribution in [3.63, 3.8) is 0 Å². The molecule has 1 fully saturated rings. The Bertz CT molecular complexity index is 480. The minimum absolute atomic E-state index is 0.0627.